The molecule has 0 aromatic heterocycles. The lowest BCUT2D eigenvalue weighted by Crippen LogP contribution is -2.40. The standard InChI is InChI=1S/C24H32N4O2/c1-28-14-5-6-18(23(28)17-9-11-19(29-2)12-10-17)16-26-24(25)27-21-13-15-30-22-8-4-3-7-20(21)22/h3-4,7-12,18,21,23H,5-6,13-16H2,1-2H3,(H3,25,26,27). The number of ether oxygens (including phenoxy) is 2. The van der Waals surface area contributed by atoms with Crippen molar-refractivity contribution in [3.63, 3.8) is 0 Å². The molecule has 2 aromatic carbocycles. The van der Waals surface area contributed by atoms with Crippen LogP contribution in [0.1, 0.15) is 42.5 Å². The van der Waals surface area contributed by atoms with E-state index < -0.39 is 0 Å². The van der Waals surface area contributed by atoms with Gasteiger partial charge in [0.25, 0.3) is 0 Å². The maximum absolute atomic E-state index is 6.30. The maximum atomic E-state index is 6.30. The molecule has 2 aliphatic heterocycles. The second kappa shape index (κ2) is 9.39. The zero-order chi connectivity index (χ0) is 20.9. The van der Waals surface area contributed by atoms with Crippen LogP contribution < -0.4 is 20.5 Å². The predicted molar refractivity (Wildman–Crippen MR) is 120 cm³/mol. The maximum Gasteiger partial charge on any atom is 0.189 e. The van der Waals surface area contributed by atoms with E-state index in [4.69, 9.17) is 20.2 Å². The number of hydrogen-bond acceptors (Lipinski definition) is 4. The number of nitrogens with zero attached hydrogens (tertiary/aromatic N) is 2. The molecule has 0 bridgehead atoms. The van der Waals surface area contributed by atoms with Crippen molar-refractivity contribution in [1.82, 2.24) is 10.2 Å². The van der Waals surface area contributed by atoms with Gasteiger partial charge in [-0.25, -0.2) is 0 Å². The average molecular weight is 409 g/mol. The monoisotopic (exact) mass is 408 g/mol. The van der Waals surface area contributed by atoms with Crippen molar-refractivity contribution >= 4 is 5.96 Å². The first-order valence-electron chi connectivity index (χ1n) is 10.8. The minimum absolute atomic E-state index is 0.144. The number of para-hydroxylation sites is 1. The summed E-state index contributed by atoms with van der Waals surface area (Å²) in [7, 11) is 3.90. The van der Waals surface area contributed by atoms with Crippen molar-refractivity contribution in [1.29, 1.82) is 0 Å². The number of methoxy groups -OCH3 is 1. The van der Waals surface area contributed by atoms with Gasteiger partial charge in [-0.05, 0) is 56.1 Å². The fourth-order valence-electron chi connectivity index (χ4n) is 4.71. The van der Waals surface area contributed by atoms with Gasteiger partial charge in [0.2, 0.25) is 0 Å². The third-order valence-electron chi connectivity index (χ3n) is 6.24. The first-order valence-corrected chi connectivity index (χ1v) is 10.8. The van der Waals surface area contributed by atoms with Crippen LogP contribution in [0.4, 0.5) is 0 Å². The first-order chi connectivity index (χ1) is 14.7. The van der Waals surface area contributed by atoms with Gasteiger partial charge < -0.3 is 20.5 Å². The smallest absolute Gasteiger partial charge is 0.189 e. The van der Waals surface area contributed by atoms with Crippen LogP contribution in [-0.2, 0) is 0 Å². The Hall–Kier alpha value is -2.73. The predicted octanol–water partition coefficient (Wildman–Crippen LogP) is 3.51. The lowest BCUT2D eigenvalue weighted by molar-refractivity contribution is 0.125. The SMILES string of the molecule is COc1ccc(C2C(CN=C(N)NC3CCOc4ccccc43)CCCN2C)cc1. The molecule has 0 saturated carbocycles. The molecular weight excluding hydrogens is 376 g/mol. The molecule has 3 unspecified atom stereocenters. The van der Waals surface area contributed by atoms with E-state index in [9.17, 15) is 0 Å². The Morgan fingerprint density at radius 1 is 1.20 bits per heavy atom. The van der Waals surface area contributed by atoms with Crippen LogP contribution in [0, 0.1) is 5.92 Å². The Morgan fingerprint density at radius 3 is 2.80 bits per heavy atom. The summed E-state index contributed by atoms with van der Waals surface area (Å²) in [6, 6.07) is 17.0. The van der Waals surface area contributed by atoms with Crippen LogP contribution in [-0.4, -0.2) is 44.7 Å². The van der Waals surface area contributed by atoms with E-state index in [0.29, 0.717) is 31.1 Å². The van der Waals surface area contributed by atoms with Gasteiger partial charge in [-0.1, -0.05) is 30.3 Å². The number of fused-ring (bicyclic) bond motifs is 1. The molecule has 3 N–H and O–H groups in total. The van der Waals surface area contributed by atoms with Crippen molar-refractivity contribution < 1.29 is 9.47 Å². The number of piperidine rings is 1. The summed E-state index contributed by atoms with van der Waals surface area (Å²) in [5, 5.41) is 3.41. The molecule has 6 heteroatoms. The molecule has 3 atom stereocenters. The molecule has 2 heterocycles. The largest absolute Gasteiger partial charge is 0.497 e. The lowest BCUT2D eigenvalue weighted by Gasteiger charge is -2.39. The highest BCUT2D eigenvalue weighted by Gasteiger charge is 2.30. The Bertz CT molecular complexity index is 868. The second-order valence-electron chi connectivity index (χ2n) is 8.20. The number of rotatable bonds is 5. The van der Waals surface area contributed by atoms with Gasteiger partial charge >= 0.3 is 0 Å². The Kier molecular flexibility index (Phi) is 6.43. The normalized spacial score (nSPS) is 24.6. The summed E-state index contributed by atoms with van der Waals surface area (Å²) in [5.41, 5.74) is 8.76. The molecule has 0 spiro atoms. The summed E-state index contributed by atoms with van der Waals surface area (Å²) in [6.07, 6.45) is 3.22. The van der Waals surface area contributed by atoms with E-state index in [1.165, 1.54) is 12.0 Å². The van der Waals surface area contributed by atoms with Crippen LogP contribution in [0.3, 0.4) is 0 Å². The molecule has 4 rings (SSSR count). The number of benzene rings is 2. The van der Waals surface area contributed by atoms with Crippen molar-refractivity contribution in [3.05, 3.63) is 59.7 Å². The van der Waals surface area contributed by atoms with Gasteiger partial charge in [0.1, 0.15) is 11.5 Å². The van der Waals surface area contributed by atoms with Gasteiger partial charge in [0, 0.05) is 24.6 Å². The molecule has 1 saturated heterocycles. The Morgan fingerprint density at radius 2 is 2.00 bits per heavy atom. The van der Waals surface area contributed by atoms with E-state index in [0.717, 1.165) is 36.4 Å². The molecule has 2 aliphatic rings. The topological polar surface area (TPSA) is 72.1 Å². The summed E-state index contributed by atoms with van der Waals surface area (Å²) in [5.74, 6) is 2.76. The van der Waals surface area contributed by atoms with E-state index in [-0.39, 0.29) is 6.04 Å². The summed E-state index contributed by atoms with van der Waals surface area (Å²) >= 11 is 0. The van der Waals surface area contributed by atoms with Crippen LogP contribution in [0.5, 0.6) is 11.5 Å². The van der Waals surface area contributed by atoms with Crippen LogP contribution >= 0.6 is 0 Å². The zero-order valence-electron chi connectivity index (χ0n) is 17.9. The van der Waals surface area contributed by atoms with E-state index in [2.05, 4.69) is 35.5 Å². The molecule has 0 amide bonds. The van der Waals surface area contributed by atoms with Gasteiger partial charge in [-0.3, -0.25) is 9.89 Å². The van der Waals surface area contributed by atoms with Crippen LogP contribution in [0.25, 0.3) is 0 Å². The molecule has 30 heavy (non-hydrogen) atoms. The highest BCUT2D eigenvalue weighted by molar-refractivity contribution is 5.78. The van der Waals surface area contributed by atoms with E-state index >= 15 is 0 Å². The number of hydrogen-bond donors (Lipinski definition) is 2. The van der Waals surface area contributed by atoms with Crippen molar-refractivity contribution in [2.24, 2.45) is 16.6 Å². The summed E-state index contributed by atoms with van der Waals surface area (Å²) < 4.78 is 11.1. The molecule has 160 valence electrons. The van der Waals surface area contributed by atoms with Crippen molar-refractivity contribution in [2.75, 3.05) is 33.9 Å². The first kappa shape index (κ1) is 20.5. The number of guanidine groups is 1. The number of nitrogens with two attached hydrogens (primary N) is 1. The van der Waals surface area contributed by atoms with Crippen molar-refractivity contribution in [2.45, 2.75) is 31.3 Å². The molecular formula is C24H32N4O2. The quantitative estimate of drug-likeness (QED) is 0.585. The number of nitrogens with one attached hydrogen (secondary N) is 1. The number of aliphatic imine (C=N–C) groups is 1. The van der Waals surface area contributed by atoms with Crippen LogP contribution in [0.2, 0.25) is 0 Å². The molecule has 1 fully saturated rings. The minimum Gasteiger partial charge on any atom is -0.497 e. The highest BCUT2D eigenvalue weighted by atomic mass is 16.5. The molecule has 2 aromatic rings. The van der Waals surface area contributed by atoms with Gasteiger partial charge in [-0.15, -0.1) is 0 Å². The average Bonchev–Trinajstić information content (AvgIpc) is 2.78. The van der Waals surface area contributed by atoms with E-state index in [1.807, 2.05) is 30.3 Å². The van der Waals surface area contributed by atoms with Crippen molar-refractivity contribution in [3.8, 4) is 11.5 Å². The Labute approximate surface area is 179 Å². The second-order valence-corrected chi connectivity index (χ2v) is 8.20. The van der Waals surface area contributed by atoms with E-state index in [1.54, 1.807) is 7.11 Å². The Balaban J connectivity index is 1.44. The van der Waals surface area contributed by atoms with Crippen LogP contribution in [0.15, 0.2) is 53.5 Å². The third kappa shape index (κ3) is 4.54. The number of likely N-dealkylation sites (tertiary alicyclic amines) is 1. The molecule has 6 nitrogen and oxygen atoms in total. The summed E-state index contributed by atoms with van der Waals surface area (Å²) in [4.78, 5) is 7.18. The fourth-order valence-corrected chi connectivity index (χ4v) is 4.71. The molecule has 0 aliphatic carbocycles. The zero-order valence-corrected chi connectivity index (χ0v) is 17.9. The minimum atomic E-state index is 0.144. The lowest BCUT2D eigenvalue weighted by atomic mass is 9.85. The summed E-state index contributed by atoms with van der Waals surface area (Å²) in [6.45, 7) is 2.50. The molecule has 0 radical (unpaired) electrons. The third-order valence-corrected chi connectivity index (χ3v) is 6.24. The van der Waals surface area contributed by atoms with Gasteiger partial charge in [0.05, 0.1) is 19.8 Å². The fraction of sp³-hybridized carbons (Fsp3) is 0.458. The van der Waals surface area contributed by atoms with Gasteiger partial charge in [-0.2, -0.15) is 0 Å². The van der Waals surface area contributed by atoms with Gasteiger partial charge in [0.15, 0.2) is 5.96 Å². The highest BCUT2D eigenvalue weighted by Crippen LogP contribution is 2.36.